The number of aromatic nitrogens is 6. The fourth-order valence-corrected chi connectivity index (χ4v) is 3.98. The van der Waals surface area contributed by atoms with Gasteiger partial charge in [-0.25, -0.2) is 14.5 Å². The van der Waals surface area contributed by atoms with Crippen molar-refractivity contribution < 1.29 is 19.0 Å². The molecule has 0 aliphatic heterocycles. The molecular weight excluding hydrogens is 464 g/mol. The maximum absolute atomic E-state index is 12.1. The van der Waals surface area contributed by atoms with Crippen molar-refractivity contribution in [3.8, 4) is 11.8 Å². The minimum atomic E-state index is -1.20. The third kappa shape index (κ3) is 6.31. The Kier molecular flexibility index (Phi) is 7.56. The van der Waals surface area contributed by atoms with Crippen LogP contribution >= 0.6 is 0 Å². The third-order valence-corrected chi connectivity index (χ3v) is 6.87. The lowest BCUT2D eigenvalue weighted by Crippen LogP contribution is -2.22. The molecule has 0 bridgehead atoms. The van der Waals surface area contributed by atoms with Crippen molar-refractivity contribution in [3.05, 3.63) is 60.2 Å². The van der Waals surface area contributed by atoms with Gasteiger partial charge in [-0.05, 0) is 18.5 Å². The molecule has 11 heteroatoms. The quantitative estimate of drug-likeness (QED) is 0.174. The van der Waals surface area contributed by atoms with Crippen LogP contribution in [0.1, 0.15) is 22.8 Å². The van der Waals surface area contributed by atoms with Crippen molar-refractivity contribution in [2.75, 3.05) is 13.2 Å². The summed E-state index contributed by atoms with van der Waals surface area (Å²) in [5.74, 6) is 0.115. The highest BCUT2D eigenvalue weighted by Gasteiger charge is 2.19. The average Bonchev–Trinajstić information content (AvgIpc) is 3.48. The van der Waals surface area contributed by atoms with Gasteiger partial charge >= 0.3 is 5.97 Å². The summed E-state index contributed by atoms with van der Waals surface area (Å²) >= 11 is 0. The van der Waals surface area contributed by atoms with Gasteiger partial charge in [-0.2, -0.15) is 15.1 Å². The monoisotopic (exact) mass is 494 g/mol. The lowest BCUT2D eigenvalue weighted by atomic mass is 10.2. The lowest BCUT2D eigenvalue weighted by molar-refractivity contribution is 0.0526. The number of imidazole rings is 1. The van der Waals surface area contributed by atoms with Crippen molar-refractivity contribution in [1.29, 1.82) is 0 Å². The van der Waals surface area contributed by atoms with Gasteiger partial charge in [0.1, 0.15) is 13.3 Å². The van der Waals surface area contributed by atoms with Gasteiger partial charge in [-0.1, -0.05) is 50.0 Å². The molecule has 0 spiro atoms. The van der Waals surface area contributed by atoms with Gasteiger partial charge in [0.25, 0.3) is 5.95 Å². The molecule has 4 rings (SSSR count). The zero-order valence-electron chi connectivity index (χ0n) is 20.5. The molecule has 3 aromatic heterocycles. The normalized spacial score (nSPS) is 11.7. The van der Waals surface area contributed by atoms with E-state index in [0.29, 0.717) is 42.6 Å². The average molecular weight is 495 g/mol. The number of carbonyl (C=O) groups is 1. The molecule has 184 valence electrons. The van der Waals surface area contributed by atoms with Crippen LogP contribution in [0.4, 0.5) is 0 Å². The first kappa shape index (κ1) is 24.5. The van der Waals surface area contributed by atoms with Crippen LogP contribution in [0.5, 0.6) is 5.88 Å². The first-order valence-electron chi connectivity index (χ1n) is 11.5. The molecule has 0 amide bonds. The molecule has 0 N–H and O–H groups in total. The number of hydrogen-bond acceptors (Lipinski definition) is 8. The van der Waals surface area contributed by atoms with E-state index in [1.807, 2.05) is 34.9 Å². The second-order valence-electron chi connectivity index (χ2n) is 9.23. The van der Waals surface area contributed by atoms with Crippen molar-refractivity contribution in [2.45, 2.75) is 45.9 Å². The highest BCUT2D eigenvalue weighted by Crippen LogP contribution is 2.24. The summed E-state index contributed by atoms with van der Waals surface area (Å²) in [6.45, 7) is 10.3. The number of esters is 1. The zero-order valence-corrected chi connectivity index (χ0v) is 21.5. The Balaban J connectivity index is 1.64. The first-order chi connectivity index (χ1) is 16.8. The summed E-state index contributed by atoms with van der Waals surface area (Å²) < 4.78 is 20.3. The highest BCUT2D eigenvalue weighted by molar-refractivity contribution is 6.76. The smallest absolute Gasteiger partial charge is 0.341 e. The van der Waals surface area contributed by atoms with Gasteiger partial charge in [0, 0.05) is 20.9 Å². The minimum absolute atomic E-state index is 0.250. The van der Waals surface area contributed by atoms with Gasteiger partial charge in [-0.15, -0.1) is 0 Å². The fourth-order valence-electron chi connectivity index (χ4n) is 3.22. The van der Waals surface area contributed by atoms with E-state index in [1.165, 1.54) is 17.1 Å². The largest absolute Gasteiger partial charge is 0.471 e. The van der Waals surface area contributed by atoms with E-state index in [1.54, 1.807) is 13.3 Å². The van der Waals surface area contributed by atoms with Crippen LogP contribution in [0.3, 0.4) is 0 Å². The summed E-state index contributed by atoms with van der Waals surface area (Å²) in [7, 11) is -1.20. The van der Waals surface area contributed by atoms with Gasteiger partial charge in [-0.3, -0.25) is 4.57 Å². The summed E-state index contributed by atoms with van der Waals surface area (Å²) in [6.07, 6.45) is 4.62. The Labute approximate surface area is 204 Å². The Morgan fingerprint density at radius 1 is 1.11 bits per heavy atom. The molecule has 0 fully saturated rings. The molecule has 0 aliphatic carbocycles. The Morgan fingerprint density at radius 3 is 2.66 bits per heavy atom. The van der Waals surface area contributed by atoms with Gasteiger partial charge in [0.05, 0.1) is 24.7 Å². The number of rotatable bonds is 11. The Morgan fingerprint density at radius 2 is 1.91 bits per heavy atom. The topological polar surface area (TPSA) is 106 Å². The number of fused-ring (bicyclic) bond motifs is 1. The van der Waals surface area contributed by atoms with Crippen molar-refractivity contribution in [3.63, 3.8) is 0 Å². The number of nitrogens with zero attached hydrogens (tertiary/aromatic N) is 6. The van der Waals surface area contributed by atoms with E-state index < -0.39 is 14.0 Å². The molecular formula is C24H30N6O4Si. The molecule has 0 saturated carbocycles. The number of hydrogen-bond donors (Lipinski definition) is 0. The summed E-state index contributed by atoms with van der Waals surface area (Å²) in [5.41, 5.74) is 2.39. The van der Waals surface area contributed by atoms with Crippen molar-refractivity contribution in [1.82, 2.24) is 29.3 Å². The van der Waals surface area contributed by atoms with Crippen LogP contribution in [-0.4, -0.2) is 56.6 Å². The highest BCUT2D eigenvalue weighted by atomic mass is 28.3. The molecule has 0 radical (unpaired) electrons. The Hall–Kier alpha value is -3.57. The van der Waals surface area contributed by atoms with Crippen molar-refractivity contribution in [2.24, 2.45) is 0 Å². The predicted octanol–water partition coefficient (Wildman–Crippen LogP) is 4.08. The minimum Gasteiger partial charge on any atom is -0.471 e. The summed E-state index contributed by atoms with van der Waals surface area (Å²) in [5, 5.41) is 4.25. The first-order valence-corrected chi connectivity index (χ1v) is 15.2. The molecule has 0 aliphatic rings. The van der Waals surface area contributed by atoms with Crippen LogP contribution in [0.15, 0.2) is 49.1 Å². The second kappa shape index (κ2) is 10.8. The van der Waals surface area contributed by atoms with E-state index in [2.05, 4.69) is 39.7 Å². The van der Waals surface area contributed by atoms with E-state index in [-0.39, 0.29) is 12.6 Å². The number of ether oxygens (including phenoxy) is 3. The number of carbonyl (C=O) groups excluding carboxylic acids is 1. The van der Waals surface area contributed by atoms with Crippen LogP contribution < -0.4 is 4.74 Å². The maximum atomic E-state index is 12.1. The van der Waals surface area contributed by atoms with Crippen molar-refractivity contribution >= 4 is 25.2 Å². The predicted molar refractivity (Wildman–Crippen MR) is 133 cm³/mol. The van der Waals surface area contributed by atoms with Crippen LogP contribution in [0, 0.1) is 0 Å². The second-order valence-corrected chi connectivity index (χ2v) is 14.9. The maximum Gasteiger partial charge on any atom is 0.341 e. The molecule has 3 heterocycles. The summed E-state index contributed by atoms with van der Waals surface area (Å²) in [6, 6.07) is 10.9. The van der Waals surface area contributed by atoms with Gasteiger partial charge < -0.3 is 14.2 Å². The van der Waals surface area contributed by atoms with E-state index in [0.717, 1.165) is 11.6 Å². The Bertz CT molecular complexity index is 1280. The molecule has 4 aromatic rings. The zero-order chi connectivity index (χ0) is 24.8. The molecule has 35 heavy (non-hydrogen) atoms. The van der Waals surface area contributed by atoms with Crippen LogP contribution in [0.2, 0.25) is 25.7 Å². The molecule has 0 unspecified atom stereocenters. The fraction of sp³-hybridized carbons (Fsp3) is 0.375. The molecule has 1 aromatic carbocycles. The van der Waals surface area contributed by atoms with E-state index in [4.69, 9.17) is 14.2 Å². The van der Waals surface area contributed by atoms with Gasteiger partial charge in [0.2, 0.25) is 5.88 Å². The number of benzene rings is 1. The molecule has 0 saturated heterocycles. The van der Waals surface area contributed by atoms with E-state index in [9.17, 15) is 4.79 Å². The van der Waals surface area contributed by atoms with E-state index >= 15 is 0 Å². The molecule has 0 atom stereocenters. The van der Waals surface area contributed by atoms with Crippen LogP contribution in [0.25, 0.3) is 17.1 Å². The van der Waals surface area contributed by atoms with Gasteiger partial charge in [0.15, 0.2) is 11.2 Å². The standard InChI is InChI=1S/C24H30N6O4Si/c1-5-33-23(31)19-13-26-30(14-19)24-27-21-20(22(28-24)34-15-18-9-7-6-8-10-18)25-16-29(21)17-32-11-12-35(2,3)4/h6-10,13-14,16H,5,11-12,15,17H2,1-4H3. The van der Waals surface area contributed by atoms with Crippen LogP contribution in [-0.2, 0) is 22.8 Å². The summed E-state index contributed by atoms with van der Waals surface area (Å²) in [4.78, 5) is 25.8. The third-order valence-electron chi connectivity index (χ3n) is 5.16. The molecule has 10 nitrogen and oxygen atoms in total. The lowest BCUT2D eigenvalue weighted by Gasteiger charge is -2.15. The SMILES string of the molecule is CCOC(=O)c1cnn(-c2nc(OCc3ccccc3)c3ncn(COCC[Si](C)(C)C)c3n2)c1.